The molecule has 0 radical (unpaired) electrons. The zero-order valence-electron chi connectivity index (χ0n) is 27.2. The Balaban J connectivity index is 0.000000710. The molecule has 2 rings (SSSR count). The maximum Gasteiger partial charge on any atom is 0.410 e. The summed E-state index contributed by atoms with van der Waals surface area (Å²) in [6, 6.07) is 18.8. The maximum absolute atomic E-state index is 12.1. The topological polar surface area (TPSA) is 145 Å². The van der Waals surface area contributed by atoms with Gasteiger partial charge in [-0.2, -0.15) is 0 Å². The fourth-order valence-electron chi connectivity index (χ4n) is 3.27. The van der Waals surface area contributed by atoms with Crippen LogP contribution in [0.2, 0.25) is 0 Å². The van der Waals surface area contributed by atoms with Gasteiger partial charge in [0.25, 0.3) is 0 Å². The molecule has 0 atom stereocenters. The number of hydrogen-bond donors (Lipinski definition) is 0. The SMILES string of the molecule is CC(=O)OCc1ccccc1.COC(=O)CCCC(OC)OC.COC(=O)CN(CC(OC)OC)C(=O)OCc1ccccc1. The predicted molar refractivity (Wildman–Crippen MR) is 164 cm³/mol. The first-order valence-corrected chi connectivity index (χ1v) is 14.0. The first-order valence-electron chi connectivity index (χ1n) is 14.0. The molecule has 13 heteroatoms. The van der Waals surface area contributed by atoms with E-state index >= 15 is 0 Å². The fraction of sp³-hybridized carbons (Fsp3) is 0.500. The second kappa shape index (κ2) is 26.4. The third kappa shape index (κ3) is 21.3. The van der Waals surface area contributed by atoms with Crippen LogP contribution in [-0.2, 0) is 65.5 Å². The Morgan fingerprint density at radius 1 is 0.644 bits per heavy atom. The molecular weight excluding hydrogens is 590 g/mol. The van der Waals surface area contributed by atoms with Crippen LogP contribution in [0.1, 0.15) is 37.3 Å². The van der Waals surface area contributed by atoms with Gasteiger partial charge in [-0.1, -0.05) is 60.7 Å². The Hall–Kier alpha value is -4.04. The molecule has 0 saturated carbocycles. The summed E-state index contributed by atoms with van der Waals surface area (Å²) < 4.78 is 39.0. The molecule has 0 fully saturated rings. The van der Waals surface area contributed by atoms with Crippen LogP contribution in [0.25, 0.3) is 0 Å². The average Bonchev–Trinajstić information content (AvgIpc) is 3.07. The molecule has 45 heavy (non-hydrogen) atoms. The number of ether oxygens (including phenoxy) is 8. The Bertz CT molecular complexity index is 1060. The summed E-state index contributed by atoms with van der Waals surface area (Å²) >= 11 is 0. The van der Waals surface area contributed by atoms with Crippen molar-refractivity contribution >= 4 is 24.0 Å². The lowest BCUT2D eigenvalue weighted by atomic mass is 10.2. The molecule has 13 nitrogen and oxygen atoms in total. The Morgan fingerprint density at radius 2 is 1.11 bits per heavy atom. The molecule has 0 aliphatic heterocycles. The van der Waals surface area contributed by atoms with E-state index in [-0.39, 0.29) is 37.9 Å². The van der Waals surface area contributed by atoms with E-state index in [9.17, 15) is 19.2 Å². The van der Waals surface area contributed by atoms with Crippen LogP contribution in [0.4, 0.5) is 4.79 Å². The van der Waals surface area contributed by atoms with Crippen LogP contribution >= 0.6 is 0 Å². The first-order chi connectivity index (χ1) is 21.6. The number of carbonyl (C=O) groups is 4. The fourth-order valence-corrected chi connectivity index (χ4v) is 3.27. The standard InChI is InChI=1S/C15H21NO6.C9H10O2.C8H16O4/c1-19-13(17)9-16(10-14(20-2)21-3)15(18)22-11-12-7-5-4-6-8-12;1-8(10)11-7-9-5-3-2-4-6-9;1-10-7(9)5-4-6-8(11-2)12-3/h4-8,14H,9-11H2,1-3H3;2-6H,7H2,1H3;8H,4-6H2,1-3H3. The van der Waals surface area contributed by atoms with Crippen molar-refractivity contribution in [2.24, 2.45) is 0 Å². The van der Waals surface area contributed by atoms with Gasteiger partial charge in [0.2, 0.25) is 0 Å². The number of esters is 3. The van der Waals surface area contributed by atoms with Gasteiger partial charge in [-0.25, -0.2) is 4.79 Å². The summed E-state index contributed by atoms with van der Waals surface area (Å²) in [5.41, 5.74) is 1.87. The van der Waals surface area contributed by atoms with E-state index in [1.165, 1.54) is 40.3 Å². The van der Waals surface area contributed by atoms with Crippen molar-refractivity contribution in [2.75, 3.05) is 55.7 Å². The lowest BCUT2D eigenvalue weighted by Gasteiger charge is -2.24. The van der Waals surface area contributed by atoms with E-state index in [0.29, 0.717) is 19.4 Å². The smallest absolute Gasteiger partial charge is 0.410 e. The third-order valence-electron chi connectivity index (χ3n) is 5.77. The zero-order chi connectivity index (χ0) is 33.9. The first kappa shape index (κ1) is 41.0. The Kier molecular flexibility index (Phi) is 24.0. The van der Waals surface area contributed by atoms with Gasteiger partial charge in [-0.05, 0) is 24.0 Å². The zero-order valence-corrected chi connectivity index (χ0v) is 27.2. The minimum Gasteiger partial charge on any atom is -0.469 e. The monoisotopic (exact) mass is 637 g/mol. The number of hydrogen-bond acceptors (Lipinski definition) is 12. The highest BCUT2D eigenvalue weighted by Gasteiger charge is 2.23. The van der Waals surface area contributed by atoms with E-state index < -0.39 is 18.4 Å². The number of rotatable bonds is 16. The lowest BCUT2D eigenvalue weighted by Crippen LogP contribution is -2.42. The Morgan fingerprint density at radius 3 is 1.53 bits per heavy atom. The van der Waals surface area contributed by atoms with Gasteiger partial charge in [0.05, 0.1) is 20.8 Å². The number of nitrogens with zero attached hydrogens (tertiary/aromatic N) is 1. The number of carbonyl (C=O) groups excluding carboxylic acids is 4. The van der Waals surface area contributed by atoms with Crippen molar-refractivity contribution in [2.45, 2.75) is 52.0 Å². The molecule has 0 aliphatic rings. The third-order valence-corrected chi connectivity index (χ3v) is 5.77. The summed E-state index contributed by atoms with van der Waals surface area (Å²) in [4.78, 5) is 45.8. The highest BCUT2D eigenvalue weighted by Crippen LogP contribution is 2.07. The van der Waals surface area contributed by atoms with Gasteiger partial charge in [-0.3, -0.25) is 19.3 Å². The van der Waals surface area contributed by atoms with E-state index in [2.05, 4.69) is 9.47 Å². The van der Waals surface area contributed by atoms with Gasteiger partial charge in [0.1, 0.15) is 19.8 Å². The van der Waals surface area contributed by atoms with E-state index in [1.807, 2.05) is 60.7 Å². The largest absolute Gasteiger partial charge is 0.469 e. The van der Waals surface area contributed by atoms with Crippen LogP contribution in [0, 0.1) is 0 Å². The van der Waals surface area contributed by atoms with Crippen LogP contribution in [-0.4, -0.2) is 97.2 Å². The molecule has 0 aromatic heterocycles. The van der Waals surface area contributed by atoms with Crippen molar-refractivity contribution < 1.29 is 57.1 Å². The van der Waals surface area contributed by atoms with Crippen molar-refractivity contribution in [1.29, 1.82) is 0 Å². The summed E-state index contributed by atoms with van der Waals surface area (Å²) in [7, 11) is 8.67. The van der Waals surface area contributed by atoms with Gasteiger partial charge >= 0.3 is 24.0 Å². The highest BCUT2D eigenvalue weighted by molar-refractivity contribution is 5.78. The predicted octanol–water partition coefficient (Wildman–Crippen LogP) is 4.12. The van der Waals surface area contributed by atoms with Crippen LogP contribution in [0.5, 0.6) is 0 Å². The van der Waals surface area contributed by atoms with E-state index in [0.717, 1.165) is 17.5 Å². The Labute approximate surface area is 265 Å². The van der Waals surface area contributed by atoms with Crippen molar-refractivity contribution in [1.82, 2.24) is 4.90 Å². The minimum absolute atomic E-state index is 0.0513. The molecule has 2 aromatic carbocycles. The second-order valence-corrected chi connectivity index (χ2v) is 9.03. The van der Waals surface area contributed by atoms with E-state index in [4.69, 9.17) is 28.4 Å². The van der Waals surface area contributed by atoms with Crippen LogP contribution < -0.4 is 0 Å². The molecule has 0 N–H and O–H groups in total. The lowest BCUT2D eigenvalue weighted by molar-refractivity contribution is -0.145. The normalized spacial score (nSPS) is 10.1. The van der Waals surface area contributed by atoms with Crippen molar-refractivity contribution in [3.05, 3.63) is 71.8 Å². The van der Waals surface area contributed by atoms with Crippen molar-refractivity contribution in [3.63, 3.8) is 0 Å². The minimum atomic E-state index is -0.658. The second-order valence-electron chi connectivity index (χ2n) is 9.03. The summed E-state index contributed by atoms with van der Waals surface area (Å²) in [6.07, 6.45) is 0.331. The van der Waals surface area contributed by atoms with E-state index in [1.54, 1.807) is 14.2 Å². The van der Waals surface area contributed by atoms with Gasteiger partial charge in [0, 0.05) is 41.8 Å². The molecular formula is C32H47NO12. The molecule has 0 aliphatic carbocycles. The molecule has 2 aromatic rings. The number of methoxy groups -OCH3 is 6. The molecule has 0 spiro atoms. The quantitative estimate of drug-likeness (QED) is 0.148. The molecule has 0 saturated heterocycles. The molecule has 0 unspecified atom stereocenters. The van der Waals surface area contributed by atoms with Gasteiger partial charge in [-0.15, -0.1) is 0 Å². The van der Waals surface area contributed by atoms with Gasteiger partial charge < -0.3 is 37.9 Å². The molecule has 252 valence electrons. The molecule has 0 bridgehead atoms. The summed E-state index contributed by atoms with van der Waals surface area (Å²) in [5, 5.41) is 0. The maximum atomic E-state index is 12.1. The number of benzene rings is 2. The highest BCUT2D eigenvalue weighted by atomic mass is 16.7. The molecule has 1 amide bonds. The van der Waals surface area contributed by atoms with Crippen molar-refractivity contribution in [3.8, 4) is 0 Å². The summed E-state index contributed by atoms with van der Waals surface area (Å²) in [5.74, 6) is -0.988. The average molecular weight is 638 g/mol. The number of amides is 1. The van der Waals surface area contributed by atoms with Crippen LogP contribution in [0.15, 0.2) is 60.7 Å². The molecule has 0 heterocycles. The van der Waals surface area contributed by atoms with Gasteiger partial charge in [0.15, 0.2) is 12.6 Å². The van der Waals surface area contributed by atoms with Crippen LogP contribution in [0.3, 0.4) is 0 Å². The summed E-state index contributed by atoms with van der Waals surface area (Å²) in [6.45, 7) is 1.70.